The topological polar surface area (TPSA) is 95.0 Å². The van der Waals surface area contributed by atoms with E-state index in [0.717, 1.165) is 22.5 Å². The largest absolute Gasteiger partial charge is 0.478 e. The van der Waals surface area contributed by atoms with Crippen LogP contribution in [-0.4, -0.2) is 60.3 Å². The van der Waals surface area contributed by atoms with Crippen LogP contribution in [0.5, 0.6) is 0 Å². The maximum atomic E-state index is 13.6. The monoisotopic (exact) mass is 344 g/mol. The summed E-state index contributed by atoms with van der Waals surface area (Å²) in [5.41, 5.74) is -1.82. The lowest BCUT2D eigenvalue weighted by molar-refractivity contribution is -0.142. The van der Waals surface area contributed by atoms with Crippen LogP contribution in [0.2, 0.25) is 0 Å². The van der Waals surface area contributed by atoms with Crippen LogP contribution in [0.1, 0.15) is 24.2 Å². The number of hydrogen-bond acceptors (Lipinski definition) is 4. The second kappa shape index (κ2) is 5.57. The Morgan fingerprint density at radius 3 is 2.43 bits per heavy atom. The third-order valence-electron chi connectivity index (χ3n) is 3.84. The number of benzene rings is 1. The molecule has 0 atom stereocenters. The first kappa shape index (κ1) is 17.4. The molecule has 1 fully saturated rings. The Morgan fingerprint density at radius 1 is 1.26 bits per heavy atom. The Morgan fingerprint density at radius 2 is 1.87 bits per heavy atom. The molecule has 2 rings (SSSR count). The normalized spacial score (nSPS) is 19.0. The first-order valence-corrected chi connectivity index (χ1v) is 8.24. The molecule has 7 nitrogen and oxygen atoms in total. The number of rotatable bonds is 3. The van der Waals surface area contributed by atoms with Crippen LogP contribution in [0.4, 0.5) is 4.39 Å². The number of aromatic carboxylic acids is 1. The number of halogens is 1. The van der Waals surface area contributed by atoms with Crippen molar-refractivity contribution in [2.45, 2.75) is 24.3 Å². The fourth-order valence-corrected chi connectivity index (χ4v) is 4.37. The van der Waals surface area contributed by atoms with Gasteiger partial charge in [-0.25, -0.2) is 17.6 Å². The zero-order valence-electron chi connectivity index (χ0n) is 12.9. The van der Waals surface area contributed by atoms with Crippen molar-refractivity contribution in [1.29, 1.82) is 0 Å². The molecule has 0 radical (unpaired) electrons. The van der Waals surface area contributed by atoms with E-state index in [2.05, 4.69) is 0 Å². The number of piperazine rings is 1. The zero-order chi connectivity index (χ0) is 17.6. The van der Waals surface area contributed by atoms with Gasteiger partial charge in [-0.1, -0.05) is 0 Å². The molecule has 23 heavy (non-hydrogen) atoms. The molecule has 1 N–H and O–H groups in total. The smallest absolute Gasteiger partial charge is 0.335 e. The lowest BCUT2D eigenvalue weighted by Gasteiger charge is -2.43. The summed E-state index contributed by atoms with van der Waals surface area (Å²) >= 11 is 0. The number of hydrogen-bond donors (Lipinski definition) is 1. The molecular weight excluding hydrogens is 327 g/mol. The first-order valence-electron chi connectivity index (χ1n) is 6.80. The van der Waals surface area contributed by atoms with Crippen molar-refractivity contribution < 1.29 is 27.5 Å². The van der Waals surface area contributed by atoms with Crippen LogP contribution >= 0.6 is 0 Å². The molecule has 1 saturated heterocycles. The van der Waals surface area contributed by atoms with Crippen LogP contribution < -0.4 is 0 Å². The van der Waals surface area contributed by atoms with Gasteiger partial charge in [0.2, 0.25) is 15.9 Å². The molecule has 1 aliphatic heterocycles. The van der Waals surface area contributed by atoms with Crippen molar-refractivity contribution in [3.05, 3.63) is 29.6 Å². The predicted octanol–water partition coefficient (Wildman–Crippen LogP) is 0.765. The summed E-state index contributed by atoms with van der Waals surface area (Å²) in [7, 11) is -2.65. The van der Waals surface area contributed by atoms with E-state index in [1.54, 1.807) is 7.05 Å². The maximum absolute atomic E-state index is 13.6. The van der Waals surface area contributed by atoms with Crippen molar-refractivity contribution in [2.75, 3.05) is 20.1 Å². The molecule has 1 aliphatic rings. The van der Waals surface area contributed by atoms with E-state index in [1.165, 1.54) is 18.7 Å². The molecule has 1 aromatic rings. The van der Waals surface area contributed by atoms with Gasteiger partial charge < -0.3 is 10.0 Å². The minimum atomic E-state index is -4.22. The molecule has 0 bridgehead atoms. The van der Waals surface area contributed by atoms with Gasteiger partial charge in [0.05, 0.1) is 10.5 Å². The fourth-order valence-electron chi connectivity index (χ4n) is 2.58. The average Bonchev–Trinajstić information content (AvgIpc) is 2.43. The summed E-state index contributed by atoms with van der Waals surface area (Å²) in [5.74, 6) is -2.79. The van der Waals surface area contributed by atoms with Crippen LogP contribution in [-0.2, 0) is 14.8 Å². The van der Waals surface area contributed by atoms with Crippen molar-refractivity contribution in [3.8, 4) is 0 Å². The summed E-state index contributed by atoms with van der Waals surface area (Å²) in [6, 6.07) is 2.38. The fraction of sp³-hybridized carbons (Fsp3) is 0.429. The van der Waals surface area contributed by atoms with E-state index in [9.17, 15) is 22.4 Å². The van der Waals surface area contributed by atoms with Gasteiger partial charge in [0.25, 0.3) is 0 Å². The molecule has 126 valence electrons. The third kappa shape index (κ3) is 2.93. The SMILES string of the molecule is CN1CCN(S(=O)(=O)c2cc(F)cc(C(=O)O)c2)C(C)(C)C1=O. The lowest BCUT2D eigenvalue weighted by atomic mass is 10.0. The van der Waals surface area contributed by atoms with E-state index >= 15 is 0 Å². The standard InChI is InChI=1S/C14H17FN2O5S/c1-14(2)13(20)16(3)4-5-17(14)23(21,22)11-7-9(12(18)19)6-10(15)8-11/h6-8H,4-5H2,1-3H3,(H,18,19). The highest BCUT2D eigenvalue weighted by Crippen LogP contribution is 2.29. The second-order valence-corrected chi connectivity index (χ2v) is 7.71. The van der Waals surface area contributed by atoms with E-state index in [-0.39, 0.29) is 19.0 Å². The Bertz CT molecular complexity index is 775. The summed E-state index contributed by atoms with van der Waals surface area (Å²) in [4.78, 5) is 24.2. The summed E-state index contributed by atoms with van der Waals surface area (Å²) in [5, 5.41) is 8.95. The Hall–Kier alpha value is -2.00. The molecule has 0 spiro atoms. The van der Waals surface area contributed by atoms with Crippen LogP contribution in [0.3, 0.4) is 0 Å². The van der Waals surface area contributed by atoms with E-state index in [1.807, 2.05) is 0 Å². The van der Waals surface area contributed by atoms with Crippen LogP contribution in [0, 0.1) is 5.82 Å². The molecule has 0 aromatic heterocycles. The van der Waals surface area contributed by atoms with Gasteiger partial charge in [-0.15, -0.1) is 0 Å². The molecule has 9 heteroatoms. The van der Waals surface area contributed by atoms with Gasteiger partial charge in [-0.3, -0.25) is 4.79 Å². The predicted molar refractivity (Wildman–Crippen MR) is 79.0 cm³/mol. The Labute approximate surface area is 133 Å². The lowest BCUT2D eigenvalue weighted by Crippen LogP contribution is -2.63. The number of sulfonamides is 1. The number of carbonyl (C=O) groups excluding carboxylic acids is 1. The molecule has 1 heterocycles. The summed E-state index contributed by atoms with van der Waals surface area (Å²) in [6.07, 6.45) is 0. The molecule has 0 saturated carbocycles. The minimum absolute atomic E-state index is 0.0382. The summed E-state index contributed by atoms with van der Waals surface area (Å²) < 4.78 is 40.1. The van der Waals surface area contributed by atoms with Gasteiger partial charge in [-0.05, 0) is 32.0 Å². The van der Waals surface area contributed by atoms with Gasteiger partial charge in [-0.2, -0.15) is 4.31 Å². The molecule has 1 amide bonds. The van der Waals surface area contributed by atoms with E-state index in [0.29, 0.717) is 0 Å². The van der Waals surface area contributed by atoms with Crippen LogP contribution in [0.15, 0.2) is 23.1 Å². The van der Waals surface area contributed by atoms with E-state index in [4.69, 9.17) is 5.11 Å². The molecule has 0 aliphatic carbocycles. The second-order valence-electron chi connectivity index (χ2n) is 5.84. The molecular formula is C14H17FN2O5S. The molecule has 1 aromatic carbocycles. The number of carboxylic acids is 1. The van der Waals surface area contributed by atoms with Gasteiger partial charge >= 0.3 is 5.97 Å². The highest BCUT2D eigenvalue weighted by Gasteiger charge is 2.47. The van der Waals surface area contributed by atoms with Crippen molar-refractivity contribution in [2.24, 2.45) is 0 Å². The third-order valence-corrected chi connectivity index (χ3v) is 5.89. The van der Waals surface area contributed by atoms with Gasteiger partial charge in [0.1, 0.15) is 11.4 Å². The summed E-state index contributed by atoms with van der Waals surface area (Å²) in [6.45, 7) is 3.15. The average molecular weight is 344 g/mol. The Kier molecular flexibility index (Phi) is 4.20. The number of likely N-dealkylation sites (N-methyl/N-ethyl adjacent to an activating group) is 1. The van der Waals surface area contributed by atoms with Crippen molar-refractivity contribution in [1.82, 2.24) is 9.21 Å². The van der Waals surface area contributed by atoms with Crippen molar-refractivity contribution in [3.63, 3.8) is 0 Å². The number of carboxylic acid groups (broad SMARTS) is 1. The first-order chi connectivity index (χ1) is 10.5. The number of carbonyl (C=O) groups is 2. The highest BCUT2D eigenvalue weighted by atomic mass is 32.2. The van der Waals surface area contributed by atoms with Crippen LogP contribution in [0.25, 0.3) is 0 Å². The number of nitrogens with zero attached hydrogens (tertiary/aromatic N) is 2. The number of amides is 1. The van der Waals surface area contributed by atoms with Crippen molar-refractivity contribution >= 4 is 21.9 Å². The molecule has 0 unspecified atom stereocenters. The quantitative estimate of drug-likeness (QED) is 0.874. The maximum Gasteiger partial charge on any atom is 0.335 e. The van der Waals surface area contributed by atoms with Gasteiger partial charge in [0.15, 0.2) is 0 Å². The highest BCUT2D eigenvalue weighted by molar-refractivity contribution is 7.89. The zero-order valence-corrected chi connectivity index (χ0v) is 13.7. The minimum Gasteiger partial charge on any atom is -0.478 e. The van der Waals surface area contributed by atoms with E-state index < -0.39 is 37.8 Å². The Balaban J connectivity index is 2.55. The van der Waals surface area contributed by atoms with Gasteiger partial charge in [0, 0.05) is 20.1 Å².